The van der Waals surface area contributed by atoms with E-state index in [-0.39, 0.29) is 12.5 Å². The van der Waals surface area contributed by atoms with Crippen LogP contribution < -0.4 is 5.32 Å². The van der Waals surface area contributed by atoms with E-state index in [0.717, 1.165) is 32.1 Å². The summed E-state index contributed by atoms with van der Waals surface area (Å²) in [4.78, 5) is 12.3. The normalized spacial score (nSPS) is 13.4. The molecule has 0 aromatic heterocycles. The van der Waals surface area contributed by atoms with Crippen molar-refractivity contribution < 1.29 is 15.0 Å². The van der Waals surface area contributed by atoms with E-state index in [1.807, 2.05) is 6.08 Å². The van der Waals surface area contributed by atoms with Gasteiger partial charge in [0.2, 0.25) is 5.91 Å². The number of hydrogen-bond acceptors (Lipinski definition) is 3. The zero-order valence-electron chi connectivity index (χ0n) is 30.8. The van der Waals surface area contributed by atoms with Crippen LogP contribution in [-0.2, 0) is 4.79 Å². The van der Waals surface area contributed by atoms with Gasteiger partial charge in [0, 0.05) is 6.42 Å². The summed E-state index contributed by atoms with van der Waals surface area (Å²) >= 11 is 0. The van der Waals surface area contributed by atoms with Crippen molar-refractivity contribution >= 4 is 5.91 Å². The molecular weight excluding hydrogens is 566 g/mol. The predicted octanol–water partition coefficient (Wildman–Crippen LogP) is 12.2. The maximum atomic E-state index is 12.3. The molecular formula is C42H79NO3. The van der Waals surface area contributed by atoms with E-state index in [9.17, 15) is 15.0 Å². The van der Waals surface area contributed by atoms with Crippen molar-refractivity contribution in [2.75, 3.05) is 6.61 Å². The molecule has 2 atom stereocenters. The molecule has 46 heavy (non-hydrogen) atoms. The molecule has 1 amide bonds. The number of hydrogen-bond donors (Lipinski definition) is 3. The van der Waals surface area contributed by atoms with Gasteiger partial charge in [0.15, 0.2) is 0 Å². The minimum absolute atomic E-state index is 0.0726. The van der Waals surface area contributed by atoms with Gasteiger partial charge in [-0.05, 0) is 51.4 Å². The number of carbonyl (C=O) groups is 1. The molecule has 0 aliphatic carbocycles. The van der Waals surface area contributed by atoms with E-state index in [1.165, 1.54) is 154 Å². The molecule has 0 fully saturated rings. The Morgan fingerprint density at radius 3 is 1.33 bits per heavy atom. The molecule has 4 nitrogen and oxygen atoms in total. The van der Waals surface area contributed by atoms with Gasteiger partial charge in [0.1, 0.15) is 0 Å². The summed E-state index contributed by atoms with van der Waals surface area (Å²) in [6.45, 7) is 4.29. The summed E-state index contributed by atoms with van der Waals surface area (Å²) in [5.41, 5.74) is 0. The summed E-state index contributed by atoms with van der Waals surface area (Å²) in [7, 11) is 0. The third-order valence-corrected chi connectivity index (χ3v) is 9.12. The molecule has 3 N–H and O–H groups in total. The Bertz CT molecular complexity index is 701. The molecule has 0 aromatic carbocycles. The molecule has 0 rings (SSSR count). The first-order chi connectivity index (χ1) is 22.7. The second-order valence-electron chi connectivity index (χ2n) is 13.7. The first kappa shape index (κ1) is 44.6. The van der Waals surface area contributed by atoms with Crippen LogP contribution in [0.3, 0.4) is 0 Å². The van der Waals surface area contributed by atoms with E-state index >= 15 is 0 Å². The Labute approximate surface area is 287 Å². The maximum Gasteiger partial charge on any atom is 0.220 e. The van der Waals surface area contributed by atoms with Crippen molar-refractivity contribution in [1.82, 2.24) is 5.32 Å². The second kappa shape index (κ2) is 38.1. The Balaban J connectivity index is 3.62. The van der Waals surface area contributed by atoms with Crippen LogP contribution in [0.2, 0.25) is 0 Å². The zero-order chi connectivity index (χ0) is 33.6. The predicted molar refractivity (Wildman–Crippen MR) is 202 cm³/mol. The molecule has 0 saturated carbocycles. The van der Waals surface area contributed by atoms with E-state index in [2.05, 4.69) is 43.5 Å². The first-order valence-electron chi connectivity index (χ1n) is 20.2. The van der Waals surface area contributed by atoms with Crippen molar-refractivity contribution in [2.45, 2.75) is 219 Å². The largest absolute Gasteiger partial charge is 0.394 e. The van der Waals surface area contributed by atoms with Gasteiger partial charge in [-0.25, -0.2) is 0 Å². The van der Waals surface area contributed by atoms with Crippen LogP contribution >= 0.6 is 0 Å². The van der Waals surface area contributed by atoms with Gasteiger partial charge in [-0.3, -0.25) is 4.79 Å². The van der Waals surface area contributed by atoms with Crippen molar-refractivity contribution in [3.8, 4) is 0 Å². The van der Waals surface area contributed by atoms with Crippen LogP contribution in [0.15, 0.2) is 36.5 Å². The monoisotopic (exact) mass is 646 g/mol. The first-order valence-corrected chi connectivity index (χ1v) is 20.2. The number of allylic oxidation sites excluding steroid dienone is 5. The summed E-state index contributed by atoms with van der Waals surface area (Å²) in [5, 5.41) is 23.0. The van der Waals surface area contributed by atoms with Crippen molar-refractivity contribution in [3.05, 3.63) is 36.5 Å². The average molecular weight is 646 g/mol. The highest BCUT2D eigenvalue weighted by molar-refractivity contribution is 5.76. The number of nitrogens with one attached hydrogen (secondary N) is 1. The molecule has 0 aliphatic rings. The lowest BCUT2D eigenvalue weighted by atomic mass is 10.0. The van der Waals surface area contributed by atoms with Crippen molar-refractivity contribution in [2.24, 2.45) is 0 Å². The van der Waals surface area contributed by atoms with Crippen molar-refractivity contribution in [3.63, 3.8) is 0 Å². The van der Waals surface area contributed by atoms with Crippen LogP contribution in [0.5, 0.6) is 0 Å². The van der Waals surface area contributed by atoms with Gasteiger partial charge in [-0.1, -0.05) is 185 Å². The van der Waals surface area contributed by atoms with Gasteiger partial charge < -0.3 is 15.5 Å². The number of aliphatic hydroxyl groups is 2. The minimum atomic E-state index is -0.841. The zero-order valence-corrected chi connectivity index (χ0v) is 30.8. The second-order valence-corrected chi connectivity index (χ2v) is 13.7. The number of carbonyl (C=O) groups excluding carboxylic acids is 1. The van der Waals surface area contributed by atoms with E-state index in [4.69, 9.17) is 0 Å². The van der Waals surface area contributed by atoms with E-state index in [0.29, 0.717) is 6.42 Å². The molecule has 0 bridgehead atoms. The Morgan fingerprint density at radius 1 is 0.522 bits per heavy atom. The topological polar surface area (TPSA) is 69.6 Å². The number of unbranched alkanes of at least 4 members (excludes halogenated alkanes) is 25. The quantitative estimate of drug-likeness (QED) is 0.0469. The van der Waals surface area contributed by atoms with Crippen LogP contribution in [0.1, 0.15) is 206 Å². The molecule has 0 heterocycles. The molecule has 270 valence electrons. The van der Waals surface area contributed by atoms with Gasteiger partial charge in [-0.2, -0.15) is 0 Å². The number of rotatable bonds is 36. The van der Waals surface area contributed by atoms with Crippen LogP contribution in [-0.4, -0.2) is 34.9 Å². The third-order valence-electron chi connectivity index (χ3n) is 9.12. The Kier molecular flexibility index (Phi) is 36.9. The molecule has 0 radical (unpaired) electrons. The smallest absolute Gasteiger partial charge is 0.220 e. The average Bonchev–Trinajstić information content (AvgIpc) is 3.06. The summed E-state index contributed by atoms with van der Waals surface area (Å²) in [5.74, 6) is -0.0726. The minimum Gasteiger partial charge on any atom is -0.394 e. The molecule has 0 aromatic rings. The standard InChI is InChI=1S/C42H79NO3/c1-3-5-7-9-11-13-15-17-19-21-22-24-26-28-30-32-34-36-38-42(46)43-40(39-44)41(45)37-35-33-31-29-27-25-23-20-18-16-14-12-10-8-6-4-2/h13,15,19,21,35,37,40-41,44-45H,3-12,14,16-18,20,22-34,36,38-39H2,1-2H3,(H,43,46)/b15-13-,21-19-,37-35+. The lowest BCUT2D eigenvalue weighted by Crippen LogP contribution is -2.45. The fraction of sp³-hybridized carbons (Fsp3) is 0.833. The molecule has 2 unspecified atom stereocenters. The number of amides is 1. The maximum absolute atomic E-state index is 12.3. The summed E-state index contributed by atoms with van der Waals surface area (Å²) < 4.78 is 0. The highest BCUT2D eigenvalue weighted by Gasteiger charge is 2.17. The van der Waals surface area contributed by atoms with Crippen LogP contribution in [0.4, 0.5) is 0 Å². The molecule has 0 saturated heterocycles. The van der Waals surface area contributed by atoms with Crippen molar-refractivity contribution in [1.29, 1.82) is 0 Å². The molecule has 0 aliphatic heterocycles. The summed E-state index contributed by atoms with van der Waals surface area (Å²) in [6, 6.07) is -0.624. The van der Waals surface area contributed by atoms with E-state index < -0.39 is 12.1 Å². The van der Waals surface area contributed by atoms with Crippen LogP contribution in [0.25, 0.3) is 0 Å². The number of aliphatic hydroxyl groups excluding tert-OH is 2. The van der Waals surface area contributed by atoms with Gasteiger partial charge in [0.25, 0.3) is 0 Å². The van der Waals surface area contributed by atoms with Crippen LogP contribution in [0, 0.1) is 0 Å². The molecule has 4 heteroatoms. The molecule has 0 spiro atoms. The fourth-order valence-electron chi connectivity index (χ4n) is 5.97. The van der Waals surface area contributed by atoms with Gasteiger partial charge >= 0.3 is 0 Å². The van der Waals surface area contributed by atoms with Gasteiger partial charge in [-0.15, -0.1) is 0 Å². The summed E-state index contributed by atoms with van der Waals surface area (Å²) in [6.07, 6.45) is 49.4. The SMILES string of the molecule is CCCCCC/C=C\C/C=C\CCCCCCCCCC(=O)NC(CO)C(O)/C=C/CCCCCCCCCCCCCCCC. The lowest BCUT2D eigenvalue weighted by molar-refractivity contribution is -0.123. The fourth-order valence-corrected chi connectivity index (χ4v) is 5.97. The highest BCUT2D eigenvalue weighted by Crippen LogP contribution is 2.14. The Morgan fingerprint density at radius 2 is 0.891 bits per heavy atom. The Hall–Kier alpha value is -1.39. The van der Waals surface area contributed by atoms with Gasteiger partial charge in [0.05, 0.1) is 18.8 Å². The lowest BCUT2D eigenvalue weighted by Gasteiger charge is -2.20. The van der Waals surface area contributed by atoms with E-state index in [1.54, 1.807) is 6.08 Å². The highest BCUT2D eigenvalue weighted by atomic mass is 16.3. The third kappa shape index (κ3) is 34.0.